The van der Waals surface area contributed by atoms with Crippen molar-refractivity contribution in [3.8, 4) is 22.4 Å². The fraction of sp³-hybridized carbons (Fsp3) is 0.370. The molecule has 1 nitrogen and oxygen atoms in total. The van der Waals surface area contributed by atoms with Gasteiger partial charge in [0, 0.05) is 26.8 Å². The Morgan fingerprint density at radius 1 is 0.893 bits per heavy atom. The summed E-state index contributed by atoms with van der Waals surface area (Å²) < 4.78 is 59.4. The molecule has 1 fully saturated rings. The quantitative estimate of drug-likeness (QED) is 0.441. The first-order valence-electron chi connectivity index (χ1n) is 13.6. The van der Waals surface area contributed by atoms with Crippen LogP contribution in [0.5, 0.6) is 0 Å². The Labute approximate surface area is 179 Å². The zero-order valence-corrected chi connectivity index (χ0v) is 16.7. The summed E-state index contributed by atoms with van der Waals surface area (Å²) in [4.78, 5) is 0. The van der Waals surface area contributed by atoms with Crippen LogP contribution in [0, 0.1) is 20.6 Å². The van der Waals surface area contributed by atoms with Crippen molar-refractivity contribution < 1.29 is 14.2 Å². The molecule has 1 heteroatoms. The minimum Gasteiger partial charge on any atom is -0.201 e. The van der Waals surface area contributed by atoms with Gasteiger partial charge in [0.2, 0.25) is 5.69 Å². The highest BCUT2D eigenvalue weighted by molar-refractivity contribution is 5.77. The fourth-order valence-electron chi connectivity index (χ4n) is 4.38. The van der Waals surface area contributed by atoms with Crippen LogP contribution in [-0.2, 0) is 7.05 Å². The van der Waals surface area contributed by atoms with E-state index in [-0.39, 0.29) is 5.56 Å². The Balaban J connectivity index is 1.94. The number of hydrogen-bond donors (Lipinski definition) is 0. The second kappa shape index (κ2) is 7.91. The monoisotopic (exact) mass is 377 g/mol. The summed E-state index contributed by atoms with van der Waals surface area (Å²) >= 11 is 0. The Bertz CT molecular complexity index is 1240. The second-order valence-corrected chi connectivity index (χ2v) is 7.78. The predicted molar refractivity (Wildman–Crippen MR) is 119 cm³/mol. The highest BCUT2D eigenvalue weighted by Gasteiger charge is 2.23. The summed E-state index contributed by atoms with van der Waals surface area (Å²) in [6.45, 7) is -2.58. The van der Waals surface area contributed by atoms with Gasteiger partial charge in [-0.25, -0.2) is 4.57 Å². The van der Waals surface area contributed by atoms with E-state index in [1.54, 1.807) is 18.3 Å². The van der Waals surface area contributed by atoms with Crippen LogP contribution in [0.2, 0.25) is 0 Å². The Morgan fingerprint density at radius 3 is 2.39 bits per heavy atom. The van der Waals surface area contributed by atoms with E-state index in [1.807, 2.05) is 54.9 Å². The van der Waals surface area contributed by atoms with E-state index in [0.29, 0.717) is 29.5 Å². The van der Waals surface area contributed by atoms with E-state index in [1.165, 1.54) is 0 Å². The molecule has 144 valence electrons. The van der Waals surface area contributed by atoms with Crippen molar-refractivity contribution in [1.29, 1.82) is 0 Å². The van der Waals surface area contributed by atoms with Gasteiger partial charge in [-0.2, -0.15) is 0 Å². The van der Waals surface area contributed by atoms with Gasteiger partial charge in [0.15, 0.2) is 6.20 Å². The van der Waals surface area contributed by atoms with Crippen molar-refractivity contribution in [2.75, 3.05) is 0 Å². The predicted octanol–water partition coefficient (Wildman–Crippen LogP) is 6.82. The minimum atomic E-state index is -2.31. The van der Waals surface area contributed by atoms with Crippen molar-refractivity contribution in [3.05, 3.63) is 77.0 Å². The average molecular weight is 378 g/mol. The number of pyridine rings is 1. The molecule has 1 saturated carbocycles. The first-order chi connectivity index (χ1) is 16.3. The van der Waals surface area contributed by atoms with Crippen LogP contribution in [0.4, 0.5) is 0 Å². The lowest BCUT2D eigenvalue weighted by Crippen LogP contribution is -2.32. The van der Waals surface area contributed by atoms with Gasteiger partial charge in [0.1, 0.15) is 7.05 Å². The first kappa shape index (κ1) is 12.2. The van der Waals surface area contributed by atoms with Crippen LogP contribution >= 0.6 is 0 Å². The number of hydrogen-bond acceptors (Lipinski definition) is 0. The Kier molecular flexibility index (Phi) is 3.45. The van der Waals surface area contributed by atoms with Crippen LogP contribution in [0.1, 0.15) is 69.8 Å². The standard InChI is InChI=1S/C27H32N/c1-19-11-8-9-14-23(19)24-15-10-16-25(21(24)3)27-17-26(20(2)18-28(27)4)22-12-6-5-7-13-22/h8-11,14-18,22H,5-7,12-13H2,1-4H3/q+1/i1D3,2D3,22D. The normalized spacial score (nSPS) is 20.7. The van der Waals surface area contributed by atoms with Gasteiger partial charge in [-0.3, -0.25) is 0 Å². The van der Waals surface area contributed by atoms with Crippen LogP contribution in [0.25, 0.3) is 22.4 Å². The molecule has 0 atom stereocenters. The van der Waals surface area contributed by atoms with E-state index in [0.717, 1.165) is 41.6 Å². The summed E-state index contributed by atoms with van der Waals surface area (Å²) in [5, 5.41) is 0. The number of aromatic nitrogens is 1. The van der Waals surface area contributed by atoms with Gasteiger partial charge in [-0.05, 0) is 73.2 Å². The number of rotatable bonds is 3. The second-order valence-electron chi connectivity index (χ2n) is 7.78. The van der Waals surface area contributed by atoms with Gasteiger partial charge in [-0.15, -0.1) is 0 Å². The third-order valence-electron chi connectivity index (χ3n) is 5.94. The summed E-state index contributed by atoms with van der Waals surface area (Å²) in [6.07, 6.45) is 5.86. The molecule has 3 aromatic rings. The summed E-state index contributed by atoms with van der Waals surface area (Å²) in [6, 6.07) is 14.7. The fourth-order valence-corrected chi connectivity index (χ4v) is 4.38. The van der Waals surface area contributed by atoms with Crippen molar-refractivity contribution >= 4 is 0 Å². The van der Waals surface area contributed by atoms with Gasteiger partial charge in [0.05, 0.1) is 0 Å². The minimum absolute atomic E-state index is 0.238. The van der Waals surface area contributed by atoms with Crippen LogP contribution in [0.3, 0.4) is 0 Å². The van der Waals surface area contributed by atoms with Crippen molar-refractivity contribution in [3.63, 3.8) is 0 Å². The molecule has 28 heavy (non-hydrogen) atoms. The summed E-state index contributed by atoms with van der Waals surface area (Å²) in [5.74, 6) is -0.926. The smallest absolute Gasteiger partial charge is 0.201 e. The number of benzene rings is 2. The third-order valence-corrected chi connectivity index (χ3v) is 5.94. The molecule has 0 aliphatic heterocycles. The lowest BCUT2D eigenvalue weighted by molar-refractivity contribution is -0.660. The third kappa shape index (κ3) is 3.51. The van der Waals surface area contributed by atoms with E-state index in [2.05, 4.69) is 0 Å². The maximum atomic E-state index is 9.22. The SMILES string of the molecule is [2H]C([2H])([2H])c1ccccc1-c1cccc(-c2cc(C3([2H])CCCCC3)c(C([2H])([2H])[2H])c[n+]2C)c1C. The molecule has 0 spiro atoms. The molecular formula is C27H32N+. The van der Waals surface area contributed by atoms with Gasteiger partial charge in [-0.1, -0.05) is 55.7 Å². The molecule has 0 saturated heterocycles. The Hall–Kier alpha value is -2.41. The molecular weight excluding hydrogens is 338 g/mol. The van der Waals surface area contributed by atoms with Crippen LogP contribution in [0.15, 0.2) is 54.7 Å². The molecule has 1 aliphatic carbocycles. The van der Waals surface area contributed by atoms with Crippen LogP contribution < -0.4 is 4.57 Å². The molecule has 0 unspecified atom stereocenters. The van der Waals surface area contributed by atoms with Crippen molar-refractivity contribution in [2.45, 2.75) is 58.6 Å². The molecule has 0 N–H and O–H groups in total. The molecule has 0 radical (unpaired) electrons. The van der Waals surface area contributed by atoms with Crippen molar-refractivity contribution in [2.24, 2.45) is 7.05 Å². The molecule has 1 aromatic heterocycles. The lowest BCUT2D eigenvalue weighted by atomic mass is 9.82. The zero-order valence-electron chi connectivity index (χ0n) is 23.7. The molecule has 1 aliphatic rings. The summed E-state index contributed by atoms with van der Waals surface area (Å²) in [5.41, 5.74) is 5.23. The Morgan fingerprint density at radius 2 is 1.61 bits per heavy atom. The van der Waals surface area contributed by atoms with E-state index in [4.69, 9.17) is 8.22 Å². The number of nitrogens with zero attached hydrogens (tertiary/aromatic N) is 1. The molecule has 4 rings (SSSR count). The first-order valence-corrected chi connectivity index (χ1v) is 10.1. The molecule has 0 bridgehead atoms. The summed E-state index contributed by atoms with van der Waals surface area (Å²) in [7, 11) is 1.83. The highest BCUT2D eigenvalue weighted by atomic mass is 14.9. The molecule has 2 aromatic carbocycles. The topological polar surface area (TPSA) is 3.88 Å². The van der Waals surface area contributed by atoms with E-state index in [9.17, 15) is 1.37 Å². The van der Waals surface area contributed by atoms with E-state index >= 15 is 0 Å². The van der Waals surface area contributed by atoms with Gasteiger partial charge < -0.3 is 0 Å². The highest BCUT2D eigenvalue weighted by Crippen LogP contribution is 2.37. The van der Waals surface area contributed by atoms with Crippen molar-refractivity contribution in [1.82, 2.24) is 0 Å². The van der Waals surface area contributed by atoms with Gasteiger partial charge in [0.25, 0.3) is 0 Å². The van der Waals surface area contributed by atoms with Crippen LogP contribution in [-0.4, -0.2) is 0 Å². The molecule has 1 heterocycles. The largest absolute Gasteiger partial charge is 0.212 e. The lowest BCUT2D eigenvalue weighted by Gasteiger charge is -2.23. The average Bonchev–Trinajstić information content (AvgIpc) is 2.78. The van der Waals surface area contributed by atoms with E-state index < -0.39 is 19.6 Å². The zero-order chi connectivity index (χ0) is 25.6. The maximum Gasteiger partial charge on any atom is 0.212 e. The number of aryl methyl sites for hydroxylation is 3. The molecule has 0 amide bonds. The maximum absolute atomic E-state index is 9.22. The van der Waals surface area contributed by atoms with Gasteiger partial charge >= 0.3 is 0 Å².